The maximum atomic E-state index is 5.23. The quantitative estimate of drug-likeness (QED) is 0.219. The molecule has 0 unspecified atom stereocenters. The average Bonchev–Trinajstić information content (AvgIpc) is 3.10. The Hall–Kier alpha value is -2.10. The van der Waals surface area contributed by atoms with Gasteiger partial charge in [-0.3, -0.25) is 0 Å². The van der Waals surface area contributed by atoms with Crippen LogP contribution in [-0.4, -0.2) is 40.9 Å². The van der Waals surface area contributed by atoms with Crippen LogP contribution >= 0.6 is 24.0 Å². The Labute approximate surface area is 202 Å². The molecule has 8 heteroatoms. The number of aromatic nitrogens is 3. The largest absolute Gasteiger partial charge is 0.497 e. The number of methoxy groups -OCH3 is 1. The molecule has 0 bridgehead atoms. The van der Waals surface area contributed by atoms with Crippen LogP contribution in [-0.2, 0) is 20.0 Å². The second kappa shape index (κ2) is 13.3. The van der Waals surface area contributed by atoms with Gasteiger partial charge in [-0.1, -0.05) is 23.8 Å². The minimum atomic E-state index is 0. The molecule has 0 atom stereocenters. The lowest BCUT2D eigenvalue weighted by Crippen LogP contribution is -2.39. The Morgan fingerprint density at radius 3 is 2.45 bits per heavy atom. The molecule has 0 radical (unpaired) electrons. The van der Waals surface area contributed by atoms with E-state index < -0.39 is 0 Å². The molecule has 2 N–H and O–H groups in total. The number of rotatable bonds is 9. The van der Waals surface area contributed by atoms with Gasteiger partial charge in [0, 0.05) is 20.1 Å². The van der Waals surface area contributed by atoms with E-state index in [0.29, 0.717) is 6.54 Å². The van der Waals surface area contributed by atoms with Crippen LogP contribution in [0.4, 0.5) is 0 Å². The van der Waals surface area contributed by atoms with Gasteiger partial charge in [0.05, 0.1) is 7.11 Å². The van der Waals surface area contributed by atoms with Crippen LogP contribution in [0.15, 0.2) is 40.9 Å². The molecule has 0 aliphatic heterocycles. The fourth-order valence-corrected chi connectivity index (χ4v) is 3.50. The van der Waals surface area contributed by atoms with Crippen LogP contribution in [0.1, 0.15) is 49.3 Å². The van der Waals surface area contributed by atoms with Crippen molar-refractivity contribution in [2.75, 3.05) is 20.2 Å². The fraction of sp³-hybridized carbons (Fsp3) is 0.522. The van der Waals surface area contributed by atoms with E-state index in [-0.39, 0.29) is 24.0 Å². The Bertz CT molecular complexity index is 859. The van der Waals surface area contributed by atoms with Crippen LogP contribution in [0, 0.1) is 6.92 Å². The van der Waals surface area contributed by atoms with Crippen LogP contribution < -0.4 is 15.4 Å². The zero-order chi connectivity index (χ0) is 21.2. The van der Waals surface area contributed by atoms with Gasteiger partial charge in [0.15, 0.2) is 11.8 Å². The van der Waals surface area contributed by atoms with Crippen LogP contribution in [0.25, 0.3) is 0 Å². The lowest BCUT2D eigenvalue weighted by molar-refractivity contribution is 0.414. The predicted molar refractivity (Wildman–Crippen MR) is 136 cm³/mol. The standard InChI is InChI=1S/C23H34N6O.HI/c1-18-27-28-22(29(18)2)17-26-23(24-15-13-19-7-5-4-6-8-19)25-16-14-20-9-11-21(30-3)12-10-20;/h7,9-12H,4-6,8,13-17H2,1-3H3,(H2,24,25,26);1H. The van der Waals surface area contributed by atoms with Crippen molar-refractivity contribution in [2.24, 2.45) is 12.0 Å². The molecule has 0 saturated heterocycles. The van der Waals surface area contributed by atoms with Crippen molar-refractivity contribution >= 4 is 29.9 Å². The normalized spacial score (nSPS) is 13.9. The smallest absolute Gasteiger partial charge is 0.191 e. The van der Waals surface area contributed by atoms with Crippen molar-refractivity contribution in [1.29, 1.82) is 0 Å². The highest BCUT2D eigenvalue weighted by molar-refractivity contribution is 14.0. The molecule has 0 spiro atoms. The SMILES string of the molecule is COc1ccc(CCNC(=NCc2nnc(C)n2C)NCCC2=CCCCC2)cc1.I. The van der Waals surface area contributed by atoms with Gasteiger partial charge in [-0.25, -0.2) is 4.99 Å². The summed E-state index contributed by atoms with van der Waals surface area (Å²) in [6, 6.07) is 8.19. The highest BCUT2D eigenvalue weighted by Crippen LogP contribution is 2.19. The molecule has 1 aromatic heterocycles. The summed E-state index contributed by atoms with van der Waals surface area (Å²) in [5.74, 6) is 3.46. The van der Waals surface area contributed by atoms with Crippen molar-refractivity contribution in [1.82, 2.24) is 25.4 Å². The summed E-state index contributed by atoms with van der Waals surface area (Å²) in [6.07, 6.45) is 9.49. The van der Waals surface area contributed by atoms with Gasteiger partial charge in [0.2, 0.25) is 0 Å². The molecular weight excluding hydrogens is 503 g/mol. The van der Waals surface area contributed by atoms with Gasteiger partial charge >= 0.3 is 0 Å². The maximum absolute atomic E-state index is 5.23. The molecule has 31 heavy (non-hydrogen) atoms. The van der Waals surface area contributed by atoms with E-state index in [0.717, 1.165) is 49.3 Å². The Morgan fingerprint density at radius 2 is 1.84 bits per heavy atom. The fourth-order valence-electron chi connectivity index (χ4n) is 3.50. The minimum Gasteiger partial charge on any atom is -0.497 e. The minimum absolute atomic E-state index is 0. The lowest BCUT2D eigenvalue weighted by atomic mass is 9.97. The first-order valence-corrected chi connectivity index (χ1v) is 10.8. The molecule has 2 aromatic rings. The number of aliphatic imine (C=N–C) groups is 1. The predicted octanol–water partition coefficient (Wildman–Crippen LogP) is 3.92. The average molecular weight is 538 g/mol. The van der Waals surface area contributed by atoms with E-state index in [1.165, 1.54) is 31.2 Å². The number of ether oxygens (including phenoxy) is 1. The van der Waals surface area contributed by atoms with Crippen LogP contribution in [0.5, 0.6) is 5.75 Å². The summed E-state index contributed by atoms with van der Waals surface area (Å²) in [5, 5.41) is 15.3. The Balaban J connectivity index is 0.00000341. The van der Waals surface area contributed by atoms with Gasteiger partial charge < -0.3 is 19.9 Å². The third-order valence-electron chi connectivity index (χ3n) is 5.55. The van der Waals surface area contributed by atoms with Crippen molar-refractivity contribution in [3.05, 3.63) is 53.1 Å². The number of benzene rings is 1. The molecule has 0 amide bonds. The molecule has 0 saturated carbocycles. The number of halogens is 1. The van der Waals surface area contributed by atoms with E-state index in [1.807, 2.05) is 30.7 Å². The molecule has 1 aliphatic carbocycles. The zero-order valence-corrected chi connectivity index (χ0v) is 21.2. The number of guanidine groups is 1. The lowest BCUT2D eigenvalue weighted by Gasteiger charge is -2.16. The summed E-state index contributed by atoms with van der Waals surface area (Å²) in [7, 11) is 3.66. The molecular formula is C23H35IN6O. The molecule has 7 nitrogen and oxygen atoms in total. The number of nitrogens with zero attached hydrogens (tertiary/aromatic N) is 4. The zero-order valence-electron chi connectivity index (χ0n) is 18.9. The van der Waals surface area contributed by atoms with E-state index >= 15 is 0 Å². The van der Waals surface area contributed by atoms with Gasteiger partial charge in [-0.05, 0) is 63.1 Å². The summed E-state index contributed by atoms with van der Waals surface area (Å²) in [4.78, 5) is 4.74. The maximum Gasteiger partial charge on any atom is 0.191 e. The third kappa shape index (κ3) is 8.16. The molecule has 1 aromatic carbocycles. The second-order valence-electron chi connectivity index (χ2n) is 7.70. The van der Waals surface area contributed by atoms with Crippen molar-refractivity contribution < 1.29 is 4.74 Å². The third-order valence-corrected chi connectivity index (χ3v) is 5.55. The van der Waals surface area contributed by atoms with Crippen molar-refractivity contribution in [2.45, 2.75) is 52.0 Å². The molecule has 0 fully saturated rings. The van der Waals surface area contributed by atoms with E-state index in [4.69, 9.17) is 9.73 Å². The second-order valence-corrected chi connectivity index (χ2v) is 7.70. The Kier molecular flexibility index (Phi) is 10.8. The van der Waals surface area contributed by atoms with E-state index in [1.54, 1.807) is 12.7 Å². The first-order chi connectivity index (χ1) is 14.7. The van der Waals surface area contributed by atoms with Crippen molar-refractivity contribution in [3.63, 3.8) is 0 Å². The Morgan fingerprint density at radius 1 is 1.10 bits per heavy atom. The molecule has 170 valence electrons. The van der Waals surface area contributed by atoms with Gasteiger partial charge in [0.25, 0.3) is 0 Å². The van der Waals surface area contributed by atoms with E-state index in [9.17, 15) is 0 Å². The highest BCUT2D eigenvalue weighted by Gasteiger charge is 2.07. The van der Waals surface area contributed by atoms with E-state index in [2.05, 4.69) is 39.0 Å². The first-order valence-electron chi connectivity index (χ1n) is 10.8. The number of allylic oxidation sites excluding steroid dienone is 1. The van der Waals surface area contributed by atoms with Crippen molar-refractivity contribution in [3.8, 4) is 5.75 Å². The molecule has 1 aliphatic rings. The number of nitrogens with one attached hydrogen (secondary N) is 2. The summed E-state index contributed by atoms with van der Waals surface area (Å²) >= 11 is 0. The number of hydrogen-bond acceptors (Lipinski definition) is 4. The number of aryl methyl sites for hydroxylation is 1. The number of hydrogen-bond donors (Lipinski definition) is 2. The van der Waals surface area contributed by atoms with Crippen LogP contribution in [0.2, 0.25) is 0 Å². The summed E-state index contributed by atoms with van der Waals surface area (Å²) < 4.78 is 7.21. The molecule has 3 rings (SSSR count). The van der Waals surface area contributed by atoms with Gasteiger partial charge in [0.1, 0.15) is 18.1 Å². The summed E-state index contributed by atoms with van der Waals surface area (Å²) in [5.41, 5.74) is 2.83. The highest BCUT2D eigenvalue weighted by atomic mass is 127. The monoisotopic (exact) mass is 538 g/mol. The topological polar surface area (TPSA) is 76.4 Å². The summed E-state index contributed by atoms with van der Waals surface area (Å²) in [6.45, 7) is 4.14. The van der Waals surface area contributed by atoms with Gasteiger partial charge in [-0.15, -0.1) is 34.2 Å². The molecule has 1 heterocycles. The first kappa shape index (κ1) is 25.2. The van der Waals surface area contributed by atoms with Gasteiger partial charge in [-0.2, -0.15) is 0 Å². The van der Waals surface area contributed by atoms with Crippen LogP contribution in [0.3, 0.4) is 0 Å².